The zero-order chi connectivity index (χ0) is 11.9. The van der Waals surface area contributed by atoms with Crippen LogP contribution in [0.2, 0.25) is 0 Å². The maximum absolute atomic E-state index is 5.70. The van der Waals surface area contributed by atoms with Crippen molar-refractivity contribution < 1.29 is 4.74 Å². The molecule has 16 heavy (non-hydrogen) atoms. The van der Waals surface area contributed by atoms with Crippen molar-refractivity contribution in [3.63, 3.8) is 0 Å². The number of rotatable bonds is 2. The molecule has 0 aromatic carbocycles. The summed E-state index contributed by atoms with van der Waals surface area (Å²) in [5.41, 5.74) is 0.693. The Hall–Kier alpha value is -0.0800. The molecule has 1 heterocycles. The molecule has 0 unspecified atom stereocenters. The Kier molecular flexibility index (Phi) is 6.37. The van der Waals surface area contributed by atoms with Crippen molar-refractivity contribution in [2.45, 2.75) is 65.4 Å². The van der Waals surface area contributed by atoms with Crippen LogP contribution in [-0.2, 0) is 4.74 Å². The van der Waals surface area contributed by atoms with Gasteiger partial charge < -0.3 is 10.1 Å². The van der Waals surface area contributed by atoms with Crippen LogP contribution in [0.5, 0.6) is 0 Å². The molecular weight excluding hydrogens is 198 g/mol. The molecule has 0 atom stereocenters. The third kappa shape index (κ3) is 3.74. The van der Waals surface area contributed by atoms with Crippen molar-refractivity contribution >= 4 is 0 Å². The lowest BCUT2D eigenvalue weighted by molar-refractivity contribution is -0.00655. The quantitative estimate of drug-likeness (QED) is 0.781. The van der Waals surface area contributed by atoms with Crippen LogP contribution in [0.25, 0.3) is 0 Å². The molecule has 1 spiro atoms. The third-order valence-electron chi connectivity index (χ3n) is 4.06. The molecule has 1 aliphatic carbocycles. The van der Waals surface area contributed by atoms with E-state index in [-0.39, 0.29) is 0 Å². The molecule has 96 valence electrons. The van der Waals surface area contributed by atoms with E-state index in [0.717, 1.165) is 6.61 Å². The zero-order valence-electron chi connectivity index (χ0n) is 11.3. The van der Waals surface area contributed by atoms with Crippen LogP contribution in [-0.4, -0.2) is 25.8 Å². The van der Waals surface area contributed by atoms with Gasteiger partial charge in [0.15, 0.2) is 0 Å². The summed E-state index contributed by atoms with van der Waals surface area (Å²) >= 11 is 0. The first-order chi connectivity index (χ1) is 7.85. The monoisotopic (exact) mass is 227 g/mol. The van der Waals surface area contributed by atoms with Gasteiger partial charge in [-0.3, -0.25) is 0 Å². The van der Waals surface area contributed by atoms with E-state index in [2.05, 4.69) is 12.2 Å². The van der Waals surface area contributed by atoms with E-state index in [4.69, 9.17) is 4.74 Å². The summed E-state index contributed by atoms with van der Waals surface area (Å²) in [7, 11) is 0. The van der Waals surface area contributed by atoms with Crippen molar-refractivity contribution in [2.24, 2.45) is 5.41 Å². The van der Waals surface area contributed by atoms with E-state index >= 15 is 0 Å². The molecule has 0 aromatic rings. The van der Waals surface area contributed by atoms with E-state index in [0.29, 0.717) is 11.5 Å². The molecule has 1 N–H and O–H groups in total. The van der Waals surface area contributed by atoms with E-state index < -0.39 is 0 Å². The van der Waals surface area contributed by atoms with Gasteiger partial charge in [0.2, 0.25) is 0 Å². The summed E-state index contributed by atoms with van der Waals surface area (Å²) in [6, 6.07) is 0. The third-order valence-corrected chi connectivity index (χ3v) is 4.06. The molecule has 0 bridgehead atoms. The van der Waals surface area contributed by atoms with Crippen LogP contribution in [0.4, 0.5) is 0 Å². The van der Waals surface area contributed by atoms with E-state index in [9.17, 15) is 0 Å². The first-order valence-corrected chi connectivity index (χ1v) is 7.17. The molecule has 0 amide bonds. The van der Waals surface area contributed by atoms with Crippen molar-refractivity contribution in [3.05, 3.63) is 0 Å². The lowest BCUT2D eigenvalue weighted by Crippen LogP contribution is -2.40. The van der Waals surface area contributed by atoms with Gasteiger partial charge >= 0.3 is 0 Å². The average molecular weight is 227 g/mol. The lowest BCUT2D eigenvalue weighted by Gasteiger charge is -2.43. The van der Waals surface area contributed by atoms with Gasteiger partial charge in [-0.1, -0.05) is 13.8 Å². The molecule has 2 nitrogen and oxygen atoms in total. The predicted octanol–water partition coefficient (Wildman–Crippen LogP) is 3.36. The summed E-state index contributed by atoms with van der Waals surface area (Å²) in [4.78, 5) is 0. The molecule has 2 heteroatoms. The van der Waals surface area contributed by atoms with Gasteiger partial charge in [0, 0.05) is 6.61 Å². The minimum absolute atomic E-state index is 0.570. The summed E-state index contributed by atoms with van der Waals surface area (Å²) in [6.07, 6.45) is 8.76. The van der Waals surface area contributed by atoms with Gasteiger partial charge in [-0.25, -0.2) is 0 Å². The minimum Gasteiger partial charge on any atom is -0.379 e. The molecule has 2 rings (SSSR count). The zero-order valence-corrected chi connectivity index (χ0v) is 11.3. The number of hydrogen-bond donors (Lipinski definition) is 1. The highest BCUT2D eigenvalue weighted by molar-refractivity contribution is 4.89. The summed E-state index contributed by atoms with van der Waals surface area (Å²) in [5, 5.41) is 3.46. The summed E-state index contributed by atoms with van der Waals surface area (Å²) in [5.74, 6) is 0. The Morgan fingerprint density at radius 3 is 2.12 bits per heavy atom. The largest absolute Gasteiger partial charge is 0.379 e. The number of piperidine rings is 1. The Balaban J connectivity index is 0.000000606. The average Bonchev–Trinajstić information content (AvgIpc) is 2.36. The second kappa shape index (κ2) is 7.29. The SMILES string of the molecule is CC.CCOC1CCC2(CCNCC2)CC1. The topological polar surface area (TPSA) is 21.3 Å². The smallest absolute Gasteiger partial charge is 0.0575 e. The van der Waals surface area contributed by atoms with Crippen molar-refractivity contribution in [1.29, 1.82) is 0 Å². The first kappa shape index (κ1) is 14.0. The molecule has 0 radical (unpaired) electrons. The molecule has 0 aromatic heterocycles. The Bertz CT molecular complexity index is 166. The van der Waals surface area contributed by atoms with Gasteiger partial charge in [-0.2, -0.15) is 0 Å². The summed E-state index contributed by atoms with van der Waals surface area (Å²) in [6.45, 7) is 9.47. The van der Waals surface area contributed by atoms with Crippen molar-refractivity contribution in [3.8, 4) is 0 Å². The van der Waals surface area contributed by atoms with E-state index in [1.54, 1.807) is 0 Å². The van der Waals surface area contributed by atoms with Crippen LogP contribution in [0, 0.1) is 5.41 Å². The second-order valence-electron chi connectivity index (χ2n) is 4.90. The first-order valence-electron chi connectivity index (χ1n) is 7.17. The molecule has 2 aliphatic rings. The standard InChI is InChI=1S/C12H23NO.C2H6/c1-2-14-11-3-5-12(6-4-11)7-9-13-10-8-12;1-2/h11,13H,2-10H2,1H3;1-2H3. The van der Waals surface area contributed by atoms with Crippen LogP contribution in [0.15, 0.2) is 0 Å². The van der Waals surface area contributed by atoms with Crippen LogP contribution in [0.3, 0.4) is 0 Å². The van der Waals surface area contributed by atoms with E-state index in [1.165, 1.54) is 51.6 Å². The summed E-state index contributed by atoms with van der Waals surface area (Å²) < 4.78 is 5.70. The van der Waals surface area contributed by atoms with Gasteiger partial charge in [-0.15, -0.1) is 0 Å². The highest BCUT2D eigenvalue weighted by Crippen LogP contribution is 2.43. The van der Waals surface area contributed by atoms with Gasteiger partial charge in [0.25, 0.3) is 0 Å². The highest BCUT2D eigenvalue weighted by Gasteiger charge is 2.36. The van der Waals surface area contributed by atoms with Crippen LogP contribution < -0.4 is 5.32 Å². The fourth-order valence-electron chi connectivity index (χ4n) is 3.06. The fourth-order valence-corrected chi connectivity index (χ4v) is 3.06. The number of nitrogens with one attached hydrogen (secondary N) is 1. The predicted molar refractivity (Wildman–Crippen MR) is 69.8 cm³/mol. The van der Waals surface area contributed by atoms with Crippen molar-refractivity contribution in [2.75, 3.05) is 19.7 Å². The second-order valence-corrected chi connectivity index (χ2v) is 4.90. The van der Waals surface area contributed by atoms with Gasteiger partial charge in [-0.05, 0) is 64.0 Å². The number of hydrogen-bond acceptors (Lipinski definition) is 2. The Morgan fingerprint density at radius 2 is 1.62 bits per heavy atom. The van der Waals surface area contributed by atoms with Gasteiger partial charge in [0.05, 0.1) is 6.10 Å². The Morgan fingerprint density at radius 1 is 1.06 bits per heavy atom. The molecule has 1 aliphatic heterocycles. The molecule has 1 saturated heterocycles. The molecule has 2 fully saturated rings. The normalized spacial score (nSPS) is 24.9. The lowest BCUT2D eigenvalue weighted by atomic mass is 9.68. The fraction of sp³-hybridized carbons (Fsp3) is 1.00. The Labute approximate surface area is 101 Å². The molecule has 1 saturated carbocycles. The molecular formula is C14H29NO. The highest BCUT2D eigenvalue weighted by atomic mass is 16.5. The maximum Gasteiger partial charge on any atom is 0.0575 e. The maximum atomic E-state index is 5.70. The van der Waals surface area contributed by atoms with Gasteiger partial charge in [0.1, 0.15) is 0 Å². The van der Waals surface area contributed by atoms with Crippen LogP contribution in [0.1, 0.15) is 59.3 Å². The van der Waals surface area contributed by atoms with E-state index in [1.807, 2.05) is 13.8 Å². The van der Waals surface area contributed by atoms with Crippen molar-refractivity contribution in [1.82, 2.24) is 5.32 Å². The minimum atomic E-state index is 0.570. The van der Waals surface area contributed by atoms with Crippen LogP contribution >= 0.6 is 0 Å². The number of ether oxygens (including phenoxy) is 1.